The first kappa shape index (κ1) is 18.3. The molecular formula is C22H21N3O2. The van der Waals surface area contributed by atoms with Gasteiger partial charge in [0.25, 0.3) is 11.8 Å². The molecule has 0 radical (unpaired) electrons. The lowest BCUT2D eigenvalue weighted by Gasteiger charge is -2.10. The summed E-state index contributed by atoms with van der Waals surface area (Å²) >= 11 is 0. The topological polar surface area (TPSA) is 71.1 Å². The maximum absolute atomic E-state index is 12.6. The lowest BCUT2D eigenvalue weighted by atomic mass is 10.1. The van der Waals surface area contributed by atoms with Crippen molar-refractivity contribution in [1.29, 1.82) is 0 Å². The molecule has 27 heavy (non-hydrogen) atoms. The zero-order chi connectivity index (χ0) is 19.4. The number of aryl methyl sites for hydroxylation is 3. The van der Waals surface area contributed by atoms with Crippen LogP contribution in [0.2, 0.25) is 0 Å². The van der Waals surface area contributed by atoms with E-state index < -0.39 is 0 Å². The lowest BCUT2D eigenvalue weighted by Crippen LogP contribution is -2.17. The van der Waals surface area contributed by atoms with Gasteiger partial charge in [0.15, 0.2) is 0 Å². The summed E-state index contributed by atoms with van der Waals surface area (Å²) in [5, 5.41) is 5.68. The normalized spacial score (nSPS) is 10.3. The van der Waals surface area contributed by atoms with E-state index in [2.05, 4.69) is 15.6 Å². The highest BCUT2D eigenvalue weighted by Crippen LogP contribution is 2.18. The van der Waals surface area contributed by atoms with Gasteiger partial charge >= 0.3 is 0 Å². The summed E-state index contributed by atoms with van der Waals surface area (Å²) in [6, 6.07) is 16.4. The Labute approximate surface area is 158 Å². The molecule has 0 unspecified atom stereocenters. The average molecular weight is 359 g/mol. The van der Waals surface area contributed by atoms with Gasteiger partial charge in [-0.15, -0.1) is 0 Å². The van der Waals surface area contributed by atoms with Crippen molar-refractivity contribution in [3.05, 3.63) is 88.7 Å². The maximum Gasteiger partial charge on any atom is 0.274 e. The Kier molecular flexibility index (Phi) is 5.31. The van der Waals surface area contributed by atoms with Crippen molar-refractivity contribution in [2.75, 3.05) is 10.6 Å². The molecule has 0 atom stereocenters. The second-order valence-corrected chi connectivity index (χ2v) is 6.52. The fraction of sp³-hybridized carbons (Fsp3) is 0.136. The third-order valence-corrected chi connectivity index (χ3v) is 4.21. The van der Waals surface area contributed by atoms with Gasteiger partial charge < -0.3 is 10.6 Å². The zero-order valence-corrected chi connectivity index (χ0v) is 15.5. The lowest BCUT2D eigenvalue weighted by molar-refractivity contribution is 0.102. The highest BCUT2D eigenvalue weighted by Gasteiger charge is 2.13. The first-order valence-electron chi connectivity index (χ1n) is 8.65. The molecule has 3 rings (SSSR count). The van der Waals surface area contributed by atoms with Crippen molar-refractivity contribution in [3.8, 4) is 0 Å². The molecule has 136 valence electrons. The smallest absolute Gasteiger partial charge is 0.274 e. The van der Waals surface area contributed by atoms with Crippen LogP contribution in [0.25, 0.3) is 0 Å². The second-order valence-electron chi connectivity index (χ2n) is 6.52. The second kappa shape index (κ2) is 7.83. The van der Waals surface area contributed by atoms with E-state index in [1.807, 2.05) is 63.2 Å². The molecule has 5 heteroatoms. The number of nitrogens with one attached hydrogen (secondary N) is 2. The van der Waals surface area contributed by atoms with E-state index >= 15 is 0 Å². The van der Waals surface area contributed by atoms with Crippen molar-refractivity contribution in [2.24, 2.45) is 0 Å². The minimum absolute atomic E-state index is 0.184. The summed E-state index contributed by atoms with van der Waals surface area (Å²) in [5.74, 6) is -0.643. The number of aromatic nitrogens is 1. The van der Waals surface area contributed by atoms with Crippen molar-refractivity contribution in [3.63, 3.8) is 0 Å². The van der Waals surface area contributed by atoms with Crippen LogP contribution in [0.5, 0.6) is 0 Å². The fourth-order valence-electron chi connectivity index (χ4n) is 2.59. The number of nitrogens with zero attached hydrogens (tertiary/aromatic N) is 1. The molecule has 1 heterocycles. The number of benzene rings is 2. The van der Waals surface area contributed by atoms with Crippen LogP contribution in [-0.4, -0.2) is 16.8 Å². The predicted octanol–water partition coefficient (Wildman–Crippen LogP) is 4.51. The minimum atomic E-state index is -0.361. The summed E-state index contributed by atoms with van der Waals surface area (Å²) < 4.78 is 0. The van der Waals surface area contributed by atoms with Crippen molar-refractivity contribution < 1.29 is 9.59 Å². The van der Waals surface area contributed by atoms with Crippen molar-refractivity contribution >= 4 is 23.2 Å². The van der Waals surface area contributed by atoms with Gasteiger partial charge in [-0.3, -0.25) is 14.6 Å². The van der Waals surface area contributed by atoms with Crippen LogP contribution in [0.15, 0.2) is 60.8 Å². The number of hydrogen-bond acceptors (Lipinski definition) is 3. The van der Waals surface area contributed by atoms with Crippen molar-refractivity contribution in [1.82, 2.24) is 4.98 Å². The summed E-state index contributed by atoms with van der Waals surface area (Å²) in [6.07, 6.45) is 1.46. The molecule has 3 aromatic rings. The average Bonchev–Trinajstić information content (AvgIpc) is 2.66. The van der Waals surface area contributed by atoms with Crippen LogP contribution in [0.1, 0.15) is 37.5 Å². The van der Waals surface area contributed by atoms with E-state index in [1.165, 1.54) is 12.3 Å². The highest BCUT2D eigenvalue weighted by atomic mass is 16.2. The molecule has 0 aliphatic rings. The molecule has 2 aromatic carbocycles. The standard InChI is InChI=1S/C22H21N3O2/c1-14-5-8-18(9-6-14)24-22(27)20-13-17(10-11-23-20)21(26)25-19-12-15(2)4-7-16(19)3/h4-13H,1-3H3,(H,24,27)(H,25,26). The molecule has 0 aliphatic heterocycles. The Morgan fingerprint density at radius 2 is 1.48 bits per heavy atom. The van der Waals surface area contributed by atoms with Crippen LogP contribution in [0.4, 0.5) is 11.4 Å². The molecule has 0 fully saturated rings. The molecule has 0 aliphatic carbocycles. The molecule has 2 amide bonds. The minimum Gasteiger partial charge on any atom is -0.322 e. The number of amides is 2. The van der Waals surface area contributed by atoms with Gasteiger partial charge in [0.05, 0.1) is 0 Å². The summed E-state index contributed by atoms with van der Waals surface area (Å²) in [6.45, 7) is 5.88. The Morgan fingerprint density at radius 3 is 2.22 bits per heavy atom. The van der Waals surface area contributed by atoms with Crippen LogP contribution >= 0.6 is 0 Å². The Balaban J connectivity index is 1.76. The molecule has 0 spiro atoms. The third kappa shape index (κ3) is 4.58. The maximum atomic E-state index is 12.6. The Hall–Kier alpha value is -3.47. The first-order chi connectivity index (χ1) is 12.9. The number of carbonyl (C=O) groups is 2. The van der Waals surface area contributed by atoms with Gasteiger partial charge in [0.2, 0.25) is 0 Å². The van der Waals surface area contributed by atoms with E-state index in [9.17, 15) is 9.59 Å². The number of hydrogen-bond donors (Lipinski definition) is 2. The molecule has 1 aromatic heterocycles. The Bertz CT molecular complexity index is 995. The molecule has 2 N–H and O–H groups in total. The third-order valence-electron chi connectivity index (χ3n) is 4.21. The summed E-state index contributed by atoms with van der Waals surface area (Å²) in [4.78, 5) is 29.1. The highest BCUT2D eigenvalue weighted by molar-refractivity contribution is 6.08. The molecule has 0 saturated heterocycles. The number of carbonyl (C=O) groups excluding carboxylic acids is 2. The molecular weight excluding hydrogens is 338 g/mol. The van der Waals surface area contributed by atoms with E-state index in [1.54, 1.807) is 6.07 Å². The van der Waals surface area contributed by atoms with Gasteiger partial charge in [0, 0.05) is 23.1 Å². The summed E-state index contributed by atoms with van der Waals surface area (Å²) in [7, 11) is 0. The van der Waals surface area contributed by atoms with Gasteiger partial charge in [-0.05, 0) is 62.2 Å². The first-order valence-corrected chi connectivity index (χ1v) is 8.65. The SMILES string of the molecule is Cc1ccc(NC(=O)c2cc(C(=O)Nc3cc(C)ccc3C)ccn2)cc1. The van der Waals surface area contributed by atoms with Crippen molar-refractivity contribution in [2.45, 2.75) is 20.8 Å². The fourth-order valence-corrected chi connectivity index (χ4v) is 2.59. The van der Waals surface area contributed by atoms with E-state index in [4.69, 9.17) is 0 Å². The van der Waals surface area contributed by atoms with E-state index in [0.29, 0.717) is 11.3 Å². The molecule has 5 nitrogen and oxygen atoms in total. The number of anilines is 2. The van der Waals surface area contributed by atoms with Crippen LogP contribution < -0.4 is 10.6 Å². The van der Waals surface area contributed by atoms with Crippen LogP contribution in [0, 0.1) is 20.8 Å². The largest absolute Gasteiger partial charge is 0.322 e. The quantitative estimate of drug-likeness (QED) is 0.720. The molecule has 0 bridgehead atoms. The molecule has 0 saturated carbocycles. The summed E-state index contributed by atoms with van der Waals surface area (Å²) in [5.41, 5.74) is 5.13. The van der Waals surface area contributed by atoms with Gasteiger partial charge in [0.1, 0.15) is 5.69 Å². The van der Waals surface area contributed by atoms with Gasteiger partial charge in [-0.2, -0.15) is 0 Å². The monoisotopic (exact) mass is 359 g/mol. The van der Waals surface area contributed by atoms with Crippen LogP contribution in [0.3, 0.4) is 0 Å². The van der Waals surface area contributed by atoms with Gasteiger partial charge in [-0.25, -0.2) is 0 Å². The van der Waals surface area contributed by atoms with E-state index in [-0.39, 0.29) is 17.5 Å². The number of rotatable bonds is 4. The Morgan fingerprint density at radius 1 is 0.778 bits per heavy atom. The van der Waals surface area contributed by atoms with E-state index in [0.717, 1.165) is 22.4 Å². The van der Waals surface area contributed by atoms with Crippen LogP contribution in [-0.2, 0) is 0 Å². The van der Waals surface area contributed by atoms with Gasteiger partial charge in [-0.1, -0.05) is 29.8 Å². The zero-order valence-electron chi connectivity index (χ0n) is 15.5. The number of pyridine rings is 1. The predicted molar refractivity (Wildman–Crippen MR) is 107 cm³/mol.